The summed E-state index contributed by atoms with van der Waals surface area (Å²) >= 11 is 0. The molecule has 1 aliphatic carbocycles. The molecule has 0 radical (unpaired) electrons. The molecule has 4 rings (SSSR count). The van der Waals surface area contributed by atoms with Crippen LogP contribution in [0, 0.1) is 11.8 Å². The van der Waals surface area contributed by atoms with Crippen molar-refractivity contribution in [2.75, 3.05) is 17.8 Å². The van der Waals surface area contributed by atoms with Crippen LogP contribution in [0.4, 0.5) is 18.9 Å². The maximum Gasteiger partial charge on any atom is 0.573 e. The van der Waals surface area contributed by atoms with Crippen molar-refractivity contribution in [1.29, 1.82) is 0 Å². The lowest BCUT2D eigenvalue weighted by Crippen LogP contribution is -2.33. The predicted molar refractivity (Wildman–Crippen MR) is 112 cm³/mol. The second kappa shape index (κ2) is 8.31. The third-order valence-electron chi connectivity index (χ3n) is 6.18. The first-order chi connectivity index (χ1) is 15.1. The summed E-state index contributed by atoms with van der Waals surface area (Å²) in [5, 5.41) is 0. The van der Waals surface area contributed by atoms with E-state index in [0.717, 1.165) is 49.3 Å². The Hall–Kier alpha value is -2.75. The summed E-state index contributed by atoms with van der Waals surface area (Å²) in [5.74, 6) is 0.997. The molecule has 1 heterocycles. The van der Waals surface area contributed by atoms with Crippen LogP contribution in [0.3, 0.4) is 0 Å². The summed E-state index contributed by atoms with van der Waals surface area (Å²) in [7, 11) is -3.96. The summed E-state index contributed by atoms with van der Waals surface area (Å²) in [5.41, 5.74) is 1.46. The van der Waals surface area contributed by atoms with Crippen molar-refractivity contribution >= 4 is 21.6 Å². The minimum atomic E-state index is -4.84. The van der Waals surface area contributed by atoms with Crippen LogP contribution in [0.1, 0.15) is 31.2 Å². The number of nitrogens with zero attached hydrogens (tertiary/aromatic N) is 1. The maximum absolute atomic E-state index is 12.6. The highest BCUT2D eigenvalue weighted by atomic mass is 32.2. The minimum Gasteiger partial charge on any atom is -0.406 e. The number of fused-ring (bicyclic) bond motifs is 1. The van der Waals surface area contributed by atoms with Gasteiger partial charge in [0.05, 0.1) is 4.90 Å². The fourth-order valence-corrected chi connectivity index (χ4v) is 5.61. The minimum absolute atomic E-state index is 0.176. The molecular weight excluding hydrogens is 445 g/mol. The Bertz CT molecular complexity index is 1090. The zero-order valence-electron chi connectivity index (χ0n) is 17.3. The van der Waals surface area contributed by atoms with E-state index in [1.807, 2.05) is 24.0 Å². The Kier molecular flexibility index (Phi) is 5.83. The maximum atomic E-state index is 12.6. The molecule has 1 saturated carbocycles. The molecule has 0 spiro atoms. The Labute approximate surface area is 184 Å². The number of ether oxygens (including phenoxy) is 1. The number of rotatable bonds is 6. The first-order valence-corrected chi connectivity index (χ1v) is 11.8. The smallest absolute Gasteiger partial charge is 0.406 e. The molecule has 10 heteroatoms. The van der Waals surface area contributed by atoms with Crippen molar-refractivity contribution in [2.24, 2.45) is 11.8 Å². The molecule has 2 fully saturated rings. The number of carbonyl (C=O) groups is 1. The number of anilines is 1. The summed E-state index contributed by atoms with van der Waals surface area (Å²) in [4.78, 5) is 13.7. The van der Waals surface area contributed by atoms with Crippen LogP contribution in [0.25, 0.3) is 0 Å². The van der Waals surface area contributed by atoms with Crippen LogP contribution < -0.4 is 9.46 Å². The van der Waals surface area contributed by atoms with E-state index in [1.54, 1.807) is 12.1 Å². The normalized spacial score (nSPS) is 22.8. The number of halogens is 3. The van der Waals surface area contributed by atoms with Gasteiger partial charge < -0.3 is 9.64 Å². The van der Waals surface area contributed by atoms with E-state index >= 15 is 0 Å². The van der Waals surface area contributed by atoms with Gasteiger partial charge in [0.2, 0.25) is 5.91 Å². The predicted octanol–water partition coefficient (Wildman–Crippen LogP) is 4.36. The molecule has 2 aromatic rings. The van der Waals surface area contributed by atoms with Crippen molar-refractivity contribution in [2.45, 2.75) is 36.9 Å². The molecule has 6 nitrogen and oxygen atoms in total. The molecule has 0 aromatic heterocycles. The first-order valence-electron chi connectivity index (χ1n) is 10.3. The van der Waals surface area contributed by atoms with Gasteiger partial charge in [-0.3, -0.25) is 9.52 Å². The summed E-state index contributed by atoms with van der Waals surface area (Å²) in [6.45, 7) is 3.45. The number of benzene rings is 2. The van der Waals surface area contributed by atoms with E-state index in [1.165, 1.54) is 0 Å². The number of amides is 1. The number of sulfonamides is 1. The van der Waals surface area contributed by atoms with Gasteiger partial charge in [-0.15, -0.1) is 13.2 Å². The highest BCUT2D eigenvalue weighted by Gasteiger charge is 2.48. The van der Waals surface area contributed by atoms with Crippen LogP contribution in [0.5, 0.6) is 5.75 Å². The zero-order chi connectivity index (χ0) is 23.1. The second-order valence-electron chi connectivity index (χ2n) is 8.17. The zero-order valence-corrected chi connectivity index (χ0v) is 18.1. The molecule has 1 aliphatic heterocycles. The SMILES string of the molecule is CCC(=O)N1C[C@@H]2C[C@@H](c3ccc(NS(=O)(=O)c4ccc(OC(F)(F)F)cc4)cc3)[C@@H]2C1. The standard InChI is InChI=1S/C22H23F3N2O4S/c1-2-21(28)27-12-15-11-19(20(15)13-27)14-3-5-16(6-4-14)26-32(29,30)18-9-7-17(8-10-18)31-22(23,24)25/h3-10,15,19-20,26H,2,11-13H2,1H3/t15-,19-,20+/m0/s1. The first kappa shape index (κ1) is 22.4. The fourth-order valence-electron chi connectivity index (χ4n) is 4.55. The largest absolute Gasteiger partial charge is 0.573 e. The number of alkyl halides is 3. The number of carbonyl (C=O) groups excluding carboxylic acids is 1. The highest BCUT2D eigenvalue weighted by Crippen LogP contribution is 2.51. The molecule has 3 atom stereocenters. The third-order valence-corrected chi connectivity index (χ3v) is 7.58. The summed E-state index contributed by atoms with van der Waals surface area (Å²) in [6, 6.07) is 11.1. The fraction of sp³-hybridized carbons (Fsp3) is 0.409. The van der Waals surface area contributed by atoms with Gasteiger partial charge in [0.25, 0.3) is 10.0 Å². The van der Waals surface area contributed by atoms with Gasteiger partial charge in [-0.1, -0.05) is 19.1 Å². The molecule has 32 heavy (non-hydrogen) atoms. The molecule has 2 aliphatic rings. The van der Waals surface area contributed by atoms with Crippen molar-refractivity contribution in [3.05, 3.63) is 54.1 Å². The topological polar surface area (TPSA) is 75.7 Å². The van der Waals surface area contributed by atoms with Crippen LogP contribution in [-0.2, 0) is 14.8 Å². The molecule has 1 amide bonds. The van der Waals surface area contributed by atoms with Crippen molar-refractivity contribution in [3.8, 4) is 5.75 Å². The molecule has 172 valence electrons. The lowest BCUT2D eigenvalue weighted by atomic mass is 9.64. The van der Waals surface area contributed by atoms with Gasteiger partial charge in [0.1, 0.15) is 5.75 Å². The van der Waals surface area contributed by atoms with Gasteiger partial charge in [-0.05, 0) is 66.1 Å². The Balaban J connectivity index is 1.39. The summed E-state index contributed by atoms with van der Waals surface area (Å²) in [6.07, 6.45) is -3.32. The number of nitrogens with one attached hydrogen (secondary N) is 1. The van der Waals surface area contributed by atoms with E-state index in [4.69, 9.17) is 0 Å². The Morgan fingerprint density at radius 2 is 1.75 bits per heavy atom. The second-order valence-corrected chi connectivity index (χ2v) is 9.85. The molecule has 1 N–H and O–H groups in total. The molecule has 2 aromatic carbocycles. The average Bonchev–Trinajstić information content (AvgIpc) is 3.04. The van der Waals surface area contributed by atoms with Crippen molar-refractivity contribution in [3.63, 3.8) is 0 Å². The lowest BCUT2D eigenvalue weighted by Gasteiger charge is -2.39. The van der Waals surface area contributed by atoms with E-state index in [0.29, 0.717) is 29.9 Å². The number of hydrogen-bond acceptors (Lipinski definition) is 4. The average molecular weight is 468 g/mol. The number of likely N-dealkylation sites (tertiary alicyclic amines) is 1. The monoisotopic (exact) mass is 468 g/mol. The van der Waals surface area contributed by atoms with Crippen LogP contribution >= 0.6 is 0 Å². The molecular formula is C22H23F3N2O4S. The molecule has 0 bridgehead atoms. The van der Waals surface area contributed by atoms with Gasteiger partial charge in [0.15, 0.2) is 0 Å². The van der Waals surface area contributed by atoms with E-state index in [9.17, 15) is 26.4 Å². The quantitative estimate of drug-likeness (QED) is 0.684. The van der Waals surface area contributed by atoms with E-state index in [-0.39, 0.29) is 10.8 Å². The van der Waals surface area contributed by atoms with Gasteiger partial charge in [-0.2, -0.15) is 0 Å². The Morgan fingerprint density at radius 3 is 2.34 bits per heavy atom. The van der Waals surface area contributed by atoms with E-state index < -0.39 is 22.1 Å². The van der Waals surface area contributed by atoms with Crippen LogP contribution in [0.15, 0.2) is 53.4 Å². The summed E-state index contributed by atoms with van der Waals surface area (Å²) < 4.78 is 68.1. The molecule has 0 unspecified atom stereocenters. The van der Waals surface area contributed by atoms with Crippen LogP contribution in [-0.4, -0.2) is 38.7 Å². The van der Waals surface area contributed by atoms with Crippen molar-refractivity contribution < 1.29 is 31.1 Å². The lowest BCUT2D eigenvalue weighted by molar-refractivity contribution is -0.274. The van der Waals surface area contributed by atoms with Crippen LogP contribution in [0.2, 0.25) is 0 Å². The molecule has 1 saturated heterocycles. The Morgan fingerprint density at radius 1 is 1.09 bits per heavy atom. The van der Waals surface area contributed by atoms with Gasteiger partial charge in [-0.25, -0.2) is 8.42 Å². The van der Waals surface area contributed by atoms with Gasteiger partial charge in [0, 0.05) is 25.2 Å². The third kappa shape index (κ3) is 4.69. The van der Waals surface area contributed by atoms with Crippen molar-refractivity contribution in [1.82, 2.24) is 4.90 Å². The number of hydrogen-bond donors (Lipinski definition) is 1. The van der Waals surface area contributed by atoms with Gasteiger partial charge >= 0.3 is 6.36 Å². The van der Waals surface area contributed by atoms with E-state index in [2.05, 4.69) is 9.46 Å². The highest BCUT2D eigenvalue weighted by molar-refractivity contribution is 7.92.